The monoisotopic (exact) mass is 364 g/mol. The molecule has 5 nitrogen and oxygen atoms in total. The van der Waals surface area contributed by atoms with Crippen LogP contribution in [-0.2, 0) is 9.59 Å². The summed E-state index contributed by atoms with van der Waals surface area (Å²) in [6, 6.07) is 14.9. The summed E-state index contributed by atoms with van der Waals surface area (Å²) in [7, 11) is 0. The van der Waals surface area contributed by atoms with E-state index in [2.05, 4.69) is 10.6 Å². The fourth-order valence-corrected chi connectivity index (χ4v) is 4.26. The van der Waals surface area contributed by atoms with Crippen molar-refractivity contribution in [1.29, 1.82) is 0 Å². The molecular formula is C22H24N2O3. The van der Waals surface area contributed by atoms with Crippen molar-refractivity contribution < 1.29 is 14.7 Å². The van der Waals surface area contributed by atoms with Crippen molar-refractivity contribution in [3.8, 4) is 11.1 Å². The number of hydrogen-bond acceptors (Lipinski definition) is 3. The molecule has 1 atom stereocenters. The summed E-state index contributed by atoms with van der Waals surface area (Å²) in [6.07, 6.45) is 4.13. The molecule has 2 aliphatic carbocycles. The van der Waals surface area contributed by atoms with Gasteiger partial charge in [0.25, 0.3) is 0 Å². The van der Waals surface area contributed by atoms with E-state index in [9.17, 15) is 14.7 Å². The molecule has 0 radical (unpaired) electrons. The van der Waals surface area contributed by atoms with Gasteiger partial charge in [-0.15, -0.1) is 0 Å². The molecule has 140 valence electrons. The summed E-state index contributed by atoms with van der Waals surface area (Å²) in [5.41, 5.74) is 3.96. The number of aliphatic hydroxyl groups is 1. The SMILES string of the molecule is O=C(N[C@@H](CO)C(=O)NC1CCCC1)C1c2ccccc2-c2ccccc21. The molecule has 5 heteroatoms. The van der Waals surface area contributed by atoms with E-state index in [0.29, 0.717) is 0 Å². The van der Waals surface area contributed by atoms with E-state index in [0.717, 1.165) is 47.9 Å². The van der Waals surface area contributed by atoms with Gasteiger partial charge in [0.15, 0.2) is 0 Å². The highest BCUT2D eigenvalue weighted by molar-refractivity contribution is 5.98. The molecule has 2 aromatic rings. The summed E-state index contributed by atoms with van der Waals surface area (Å²) >= 11 is 0. The van der Waals surface area contributed by atoms with Crippen molar-refractivity contribution in [3.05, 3.63) is 59.7 Å². The second-order valence-corrected chi connectivity index (χ2v) is 7.34. The van der Waals surface area contributed by atoms with Crippen LogP contribution < -0.4 is 10.6 Å². The minimum absolute atomic E-state index is 0.149. The fraction of sp³-hybridized carbons (Fsp3) is 0.364. The molecule has 0 heterocycles. The number of nitrogens with one attached hydrogen (secondary N) is 2. The highest BCUT2D eigenvalue weighted by atomic mass is 16.3. The van der Waals surface area contributed by atoms with Gasteiger partial charge in [-0.3, -0.25) is 9.59 Å². The molecule has 1 saturated carbocycles. The van der Waals surface area contributed by atoms with Crippen LogP contribution in [0.2, 0.25) is 0 Å². The smallest absolute Gasteiger partial charge is 0.245 e. The van der Waals surface area contributed by atoms with Gasteiger partial charge in [0.2, 0.25) is 11.8 Å². The zero-order chi connectivity index (χ0) is 18.8. The fourth-order valence-electron chi connectivity index (χ4n) is 4.26. The van der Waals surface area contributed by atoms with Crippen LogP contribution in [0.15, 0.2) is 48.5 Å². The van der Waals surface area contributed by atoms with Crippen molar-refractivity contribution in [3.63, 3.8) is 0 Å². The van der Waals surface area contributed by atoms with Gasteiger partial charge in [0, 0.05) is 6.04 Å². The Kier molecular flexibility index (Phi) is 4.94. The molecule has 0 spiro atoms. The molecule has 2 amide bonds. The molecule has 27 heavy (non-hydrogen) atoms. The van der Waals surface area contributed by atoms with E-state index in [-0.39, 0.29) is 17.9 Å². The summed E-state index contributed by atoms with van der Waals surface area (Å²) in [4.78, 5) is 25.6. The minimum atomic E-state index is -0.932. The van der Waals surface area contributed by atoms with Crippen molar-refractivity contribution in [2.75, 3.05) is 6.61 Å². The van der Waals surface area contributed by atoms with E-state index < -0.39 is 18.6 Å². The van der Waals surface area contributed by atoms with E-state index in [1.165, 1.54) is 0 Å². The molecule has 2 aromatic carbocycles. The Bertz CT molecular complexity index is 813. The van der Waals surface area contributed by atoms with Gasteiger partial charge in [-0.1, -0.05) is 61.4 Å². The van der Waals surface area contributed by atoms with Crippen molar-refractivity contribution in [1.82, 2.24) is 10.6 Å². The third kappa shape index (κ3) is 3.35. The highest BCUT2D eigenvalue weighted by Crippen LogP contribution is 2.44. The lowest BCUT2D eigenvalue weighted by atomic mass is 9.95. The molecule has 0 aromatic heterocycles. The van der Waals surface area contributed by atoms with Gasteiger partial charge in [-0.05, 0) is 35.1 Å². The molecule has 4 rings (SSSR count). The number of aliphatic hydroxyl groups excluding tert-OH is 1. The van der Waals surface area contributed by atoms with Gasteiger partial charge < -0.3 is 15.7 Å². The Morgan fingerprint density at radius 3 is 2.07 bits per heavy atom. The second kappa shape index (κ2) is 7.53. The first kappa shape index (κ1) is 17.7. The Hall–Kier alpha value is -2.66. The number of hydrogen-bond donors (Lipinski definition) is 3. The van der Waals surface area contributed by atoms with Gasteiger partial charge in [0.1, 0.15) is 6.04 Å². The lowest BCUT2D eigenvalue weighted by Gasteiger charge is -2.21. The summed E-state index contributed by atoms with van der Waals surface area (Å²) in [6.45, 7) is -0.416. The Morgan fingerprint density at radius 2 is 1.52 bits per heavy atom. The van der Waals surface area contributed by atoms with E-state index in [1.807, 2.05) is 48.5 Å². The largest absolute Gasteiger partial charge is 0.394 e. The minimum Gasteiger partial charge on any atom is -0.394 e. The number of carbonyl (C=O) groups excluding carboxylic acids is 2. The number of benzene rings is 2. The first-order valence-corrected chi connectivity index (χ1v) is 9.59. The Morgan fingerprint density at radius 1 is 0.963 bits per heavy atom. The maximum Gasteiger partial charge on any atom is 0.245 e. The lowest BCUT2D eigenvalue weighted by molar-refractivity contribution is -0.130. The quantitative estimate of drug-likeness (QED) is 0.762. The van der Waals surface area contributed by atoms with Gasteiger partial charge in [-0.2, -0.15) is 0 Å². The second-order valence-electron chi connectivity index (χ2n) is 7.34. The molecule has 0 bridgehead atoms. The molecular weight excluding hydrogens is 340 g/mol. The first-order chi connectivity index (χ1) is 13.2. The van der Waals surface area contributed by atoms with Crippen molar-refractivity contribution in [2.45, 2.75) is 43.7 Å². The molecule has 2 aliphatic rings. The zero-order valence-electron chi connectivity index (χ0n) is 15.2. The Balaban J connectivity index is 1.54. The van der Waals surface area contributed by atoms with Crippen molar-refractivity contribution >= 4 is 11.8 Å². The normalized spacial score (nSPS) is 17.2. The van der Waals surface area contributed by atoms with Crippen LogP contribution in [0, 0.1) is 0 Å². The van der Waals surface area contributed by atoms with Crippen molar-refractivity contribution in [2.24, 2.45) is 0 Å². The maximum absolute atomic E-state index is 13.1. The highest BCUT2D eigenvalue weighted by Gasteiger charge is 2.35. The van der Waals surface area contributed by atoms with Crippen LogP contribution >= 0.6 is 0 Å². The van der Waals surface area contributed by atoms with E-state index in [4.69, 9.17) is 0 Å². The summed E-state index contributed by atoms with van der Waals surface area (Å²) in [5, 5.41) is 15.4. The third-order valence-corrected chi connectivity index (χ3v) is 5.61. The molecule has 0 saturated heterocycles. The number of fused-ring (bicyclic) bond motifs is 3. The van der Waals surface area contributed by atoms with E-state index in [1.54, 1.807) is 0 Å². The average Bonchev–Trinajstić information content (AvgIpc) is 3.31. The number of amides is 2. The molecule has 0 aliphatic heterocycles. The molecule has 1 fully saturated rings. The van der Waals surface area contributed by atoms with Crippen LogP contribution in [0.3, 0.4) is 0 Å². The number of carbonyl (C=O) groups is 2. The average molecular weight is 364 g/mol. The van der Waals surface area contributed by atoms with E-state index >= 15 is 0 Å². The van der Waals surface area contributed by atoms with Crippen LogP contribution in [0.5, 0.6) is 0 Å². The van der Waals surface area contributed by atoms with Gasteiger partial charge >= 0.3 is 0 Å². The lowest BCUT2D eigenvalue weighted by Crippen LogP contribution is -2.52. The maximum atomic E-state index is 13.1. The van der Waals surface area contributed by atoms with Crippen LogP contribution in [-0.4, -0.2) is 35.6 Å². The zero-order valence-corrected chi connectivity index (χ0v) is 15.2. The van der Waals surface area contributed by atoms with Gasteiger partial charge in [-0.25, -0.2) is 0 Å². The Labute approximate surface area is 158 Å². The predicted molar refractivity (Wildman–Crippen MR) is 103 cm³/mol. The molecule has 3 N–H and O–H groups in total. The van der Waals surface area contributed by atoms with Crippen LogP contribution in [0.1, 0.15) is 42.7 Å². The number of rotatable bonds is 5. The van der Waals surface area contributed by atoms with Crippen LogP contribution in [0.4, 0.5) is 0 Å². The summed E-state index contributed by atoms with van der Waals surface area (Å²) < 4.78 is 0. The summed E-state index contributed by atoms with van der Waals surface area (Å²) in [5.74, 6) is -1.03. The first-order valence-electron chi connectivity index (χ1n) is 9.59. The predicted octanol–water partition coefficient (Wildman–Crippen LogP) is 2.33. The topological polar surface area (TPSA) is 78.4 Å². The third-order valence-electron chi connectivity index (χ3n) is 5.61. The van der Waals surface area contributed by atoms with Crippen LogP contribution in [0.25, 0.3) is 11.1 Å². The van der Waals surface area contributed by atoms with Gasteiger partial charge in [0.05, 0.1) is 12.5 Å². The molecule has 0 unspecified atom stereocenters. The standard InChI is InChI=1S/C22H24N2O3/c25-13-19(21(26)23-14-7-1-2-8-14)24-22(27)20-17-11-5-3-9-15(17)16-10-4-6-12-18(16)20/h3-6,9-12,14,19-20,25H,1-2,7-8,13H2,(H,23,26)(H,24,27)/t19-/m0/s1.